The normalized spacial score (nSPS) is 11.4. The molecule has 1 amide bonds. The van der Waals surface area contributed by atoms with Crippen LogP contribution in [0, 0.1) is 0 Å². The van der Waals surface area contributed by atoms with Gasteiger partial charge in [-0.05, 0) is 6.92 Å². The van der Waals surface area contributed by atoms with E-state index in [1.54, 1.807) is 0 Å². The van der Waals surface area contributed by atoms with Crippen LogP contribution in [0.15, 0.2) is 5.57 Å². The molecule has 2 N–H and O–H groups in total. The van der Waals surface area contributed by atoms with Gasteiger partial charge in [-0.3, -0.25) is 4.79 Å². The Bertz CT molecular complexity index is 577. The Kier molecular flexibility index (Phi) is 6.95. The summed E-state index contributed by atoms with van der Waals surface area (Å²) in [4.78, 5) is 10.5. The van der Waals surface area contributed by atoms with E-state index in [-0.39, 0.29) is 18.9 Å². The van der Waals surface area contributed by atoms with E-state index < -0.39 is 41.3 Å². The molecule has 0 saturated carbocycles. The van der Waals surface area contributed by atoms with E-state index >= 15 is 0 Å². The Morgan fingerprint density at radius 1 is 1.33 bits per heavy atom. The molecule has 98 valence electrons. The smallest absolute Gasteiger partial charge is 0.365 e. The van der Waals surface area contributed by atoms with Crippen LogP contribution in [0.4, 0.5) is 13.2 Å². The molecule has 0 aromatic carbocycles. The van der Waals surface area contributed by atoms with E-state index in [0.29, 0.717) is 0 Å². The summed E-state index contributed by atoms with van der Waals surface area (Å²) >= 11 is 0. The van der Waals surface area contributed by atoms with Crippen molar-refractivity contribution in [2.75, 3.05) is 0 Å². The second kappa shape index (κ2) is 6.40. The Labute approximate surface area is 113 Å². The van der Waals surface area contributed by atoms with E-state index in [1.165, 1.54) is 5.87 Å². The monoisotopic (exact) mass is 301 g/mol. The summed E-state index contributed by atoms with van der Waals surface area (Å²) in [6.45, 7) is 0.800. The molecule has 0 rings (SSSR count). The molecule has 0 saturated heterocycles. The molecule has 0 aliphatic heterocycles. The van der Waals surface area contributed by atoms with Gasteiger partial charge in [0.15, 0.2) is 5.87 Å². The first kappa shape index (κ1) is 19.5. The van der Waals surface area contributed by atoms with Gasteiger partial charge < -0.3 is 14.2 Å². The van der Waals surface area contributed by atoms with Crippen LogP contribution >= 0.6 is 0 Å². The van der Waals surface area contributed by atoms with Crippen LogP contribution in [0.1, 0.15) is 6.92 Å². The fraction of sp³-hybridized carbons (Fsp3) is 0.400. The summed E-state index contributed by atoms with van der Waals surface area (Å²) in [7, 11) is -10.0. The van der Waals surface area contributed by atoms with Crippen molar-refractivity contribution in [3.63, 3.8) is 0 Å². The predicted octanol–water partition coefficient (Wildman–Crippen LogP) is -3.82. The molecular weight excluding hydrogens is 296 g/mol. The zero-order valence-electron chi connectivity index (χ0n) is 9.02. The van der Waals surface area contributed by atoms with Crippen molar-refractivity contribution in [3.05, 3.63) is 5.57 Å². The second-order valence-corrected chi connectivity index (χ2v) is 5.30. The Morgan fingerprint density at radius 2 is 1.72 bits per heavy atom. The molecule has 18 heavy (non-hydrogen) atoms. The standard InChI is InChI=1S/C5H5F3N2O5S2.Li/c1-3(4(9)11)2-10(16(12)13)17(14,15)5(6,7)8;/h1H3,(H2,9,11);/q;+1. The average molecular weight is 301 g/mol. The van der Waals surface area contributed by atoms with Crippen molar-refractivity contribution in [1.82, 2.24) is 0 Å². The zero-order valence-corrected chi connectivity index (χ0v) is 10.6. The number of sulfonamides is 1. The second-order valence-electron chi connectivity index (χ2n) is 2.50. The van der Waals surface area contributed by atoms with Crippen molar-refractivity contribution in [1.29, 1.82) is 0 Å². The van der Waals surface area contributed by atoms with Gasteiger partial charge in [-0.15, -0.1) is 0 Å². The zero-order chi connectivity index (χ0) is 14.0. The topological polar surface area (TPSA) is 114 Å². The molecule has 7 nitrogen and oxygen atoms in total. The fourth-order valence-electron chi connectivity index (χ4n) is 0.464. The first-order valence-corrected chi connectivity index (χ1v) is 5.99. The van der Waals surface area contributed by atoms with Crippen LogP contribution < -0.4 is 24.6 Å². The van der Waals surface area contributed by atoms with Crippen molar-refractivity contribution in [3.8, 4) is 0 Å². The number of nitrogens with two attached hydrogens (primary N) is 1. The van der Waals surface area contributed by atoms with E-state index in [2.05, 4.69) is 5.73 Å². The number of primary amides is 1. The third kappa shape index (κ3) is 4.47. The number of alkyl halides is 3. The molecule has 13 heteroatoms. The van der Waals surface area contributed by atoms with Gasteiger partial charge in [0.05, 0.1) is 0 Å². The van der Waals surface area contributed by atoms with Gasteiger partial charge in [0.2, 0.25) is 10.9 Å². The molecule has 0 aliphatic rings. The molecule has 0 aliphatic carbocycles. The van der Waals surface area contributed by atoms with Crippen LogP contribution in [-0.4, -0.2) is 29.1 Å². The number of halogens is 3. The molecule has 0 unspecified atom stereocenters. The Balaban J connectivity index is 0. The maximum Gasteiger partial charge on any atom is 1.00 e. The maximum atomic E-state index is 12.0. The Hall–Kier alpha value is -0.793. The number of hydrogen-bond donors (Lipinski definition) is 1. The van der Waals surface area contributed by atoms with E-state index in [9.17, 15) is 34.8 Å². The van der Waals surface area contributed by atoms with Crippen LogP contribution in [0.25, 0.3) is 0 Å². The van der Waals surface area contributed by atoms with Crippen molar-refractivity contribution in [2.45, 2.75) is 12.4 Å². The van der Waals surface area contributed by atoms with Gasteiger partial charge in [0, 0.05) is 0 Å². The van der Waals surface area contributed by atoms with Gasteiger partial charge >= 0.3 is 34.4 Å². The van der Waals surface area contributed by atoms with Crippen LogP contribution in [0.2, 0.25) is 0 Å². The van der Waals surface area contributed by atoms with Crippen molar-refractivity contribution in [2.24, 2.45) is 5.73 Å². The molecule has 0 fully saturated rings. The molecule has 0 radical (unpaired) electrons. The van der Waals surface area contributed by atoms with Crippen molar-refractivity contribution >= 4 is 32.7 Å². The summed E-state index contributed by atoms with van der Waals surface area (Å²) in [5.74, 6) is -0.104. The summed E-state index contributed by atoms with van der Waals surface area (Å²) < 4.78 is 77.1. The first-order chi connectivity index (χ1) is 7.41. The number of nitrogens with zero attached hydrogens (tertiary/aromatic N) is 1. The fourth-order valence-corrected chi connectivity index (χ4v) is 2.01. The maximum absolute atomic E-state index is 12.0. The number of carbonyl (C=O) groups excluding carboxylic acids is 1. The van der Waals surface area contributed by atoms with E-state index in [1.807, 2.05) is 0 Å². The minimum absolute atomic E-state index is 0. The third-order valence-corrected chi connectivity index (χ3v) is 3.70. The van der Waals surface area contributed by atoms with Crippen LogP contribution in [0.5, 0.6) is 0 Å². The minimum Gasteiger partial charge on any atom is -0.365 e. The minimum atomic E-state index is -6.19. The van der Waals surface area contributed by atoms with Crippen LogP contribution in [0.3, 0.4) is 0 Å². The quantitative estimate of drug-likeness (QED) is 0.189. The molecule has 0 aromatic rings. The summed E-state index contributed by atoms with van der Waals surface area (Å²) in [6.07, 6.45) is 0. The number of hydrogen-bond acceptors (Lipinski definition) is 6. The molecule has 0 aromatic heterocycles. The number of carbonyl (C=O) groups is 1. The van der Waals surface area contributed by atoms with Gasteiger partial charge in [-0.1, -0.05) is 3.39 Å². The van der Waals surface area contributed by atoms with Gasteiger partial charge in [0.1, 0.15) is 5.57 Å². The molecule has 0 spiro atoms. The van der Waals surface area contributed by atoms with Gasteiger partial charge in [-0.25, -0.2) is 0 Å². The van der Waals surface area contributed by atoms with Crippen LogP contribution in [-0.2, 0) is 34.1 Å². The summed E-state index contributed by atoms with van der Waals surface area (Å²) in [5, 5.41) is 0. The number of amides is 1. The first-order valence-electron chi connectivity index (χ1n) is 3.52. The molecular formula is C5H5F3LiN2O5S2+. The molecule has 0 heterocycles. The average Bonchev–Trinajstić information content (AvgIpc) is 2.10. The van der Waals surface area contributed by atoms with Gasteiger partial charge in [-0.2, -0.15) is 21.6 Å². The Morgan fingerprint density at radius 3 is 1.94 bits per heavy atom. The summed E-state index contributed by atoms with van der Waals surface area (Å²) in [6, 6.07) is 0. The third-order valence-electron chi connectivity index (χ3n) is 1.27. The van der Waals surface area contributed by atoms with E-state index in [4.69, 9.17) is 0 Å². The number of rotatable bonds is 3. The van der Waals surface area contributed by atoms with Gasteiger partial charge in [0.25, 0.3) is 5.91 Å². The summed E-state index contributed by atoms with van der Waals surface area (Å²) in [5.41, 5.74) is -2.06. The largest absolute Gasteiger partial charge is 1.00 e. The predicted molar refractivity (Wildman–Crippen MR) is 47.4 cm³/mol. The molecule has 0 atom stereocenters. The SMILES string of the molecule is CC(=C=[N+]([S-](=O)=O)S(=O)(=O)C(F)(F)F)C(N)=O.[Li+]. The van der Waals surface area contributed by atoms with E-state index in [0.717, 1.165) is 6.92 Å². The van der Waals surface area contributed by atoms with Crippen molar-refractivity contribution < 1.29 is 57.0 Å². The molecule has 0 bridgehead atoms.